The Morgan fingerprint density at radius 1 is 1.14 bits per heavy atom. The third-order valence-electron chi connectivity index (χ3n) is 3.52. The van der Waals surface area contributed by atoms with Crippen LogP contribution in [0.4, 0.5) is 14.5 Å². The molecule has 0 aromatic heterocycles. The highest BCUT2D eigenvalue weighted by Crippen LogP contribution is 2.14. The number of rotatable bonds is 5. The third-order valence-corrected chi connectivity index (χ3v) is 3.52. The smallest absolute Gasteiger partial charge is 0.241 e. The number of hydrogen-bond acceptors (Lipinski definition) is 2. The molecule has 0 aliphatic rings. The Kier molecular flexibility index (Phi) is 5.22. The number of amides is 1. The van der Waals surface area contributed by atoms with Crippen molar-refractivity contribution in [3.8, 4) is 0 Å². The minimum absolute atomic E-state index is 0.162. The van der Waals surface area contributed by atoms with E-state index in [-0.39, 0.29) is 17.4 Å². The quantitative estimate of drug-likeness (QED) is 0.918. The zero-order chi connectivity index (χ0) is 16.1. The normalized spacial score (nSPS) is 12.2. The molecule has 0 heterocycles. The summed E-state index contributed by atoms with van der Waals surface area (Å²) in [6, 6.07) is 11.7. The molecule has 0 fully saturated rings. The second-order valence-electron chi connectivity index (χ2n) is 5.19. The van der Waals surface area contributed by atoms with Crippen molar-refractivity contribution in [3.05, 3.63) is 65.7 Å². The lowest BCUT2D eigenvalue weighted by atomic mass is 10.2. The highest BCUT2D eigenvalue weighted by Gasteiger charge is 2.19. The molecule has 0 spiro atoms. The van der Waals surface area contributed by atoms with E-state index in [2.05, 4.69) is 5.32 Å². The Morgan fingerprint density at radius 3 is 2.41 bits per heavy atom. The lowest BCUT2D eigenvalue weighted by Gasteiger charge is -2.24. The van der Waals surface area contributed by atoms with Crippen molar-refractivity contribution in [1.29, 1.82) is 0 Å². The summed E-state index contributed by atoms with van der Waals surface area (Å²) in [6.07, 6.45) is 0. The number of likely N-dealkylation sites (N-methyl/N-ethyl adjacent to an activating group) is 1. The van der Waals surface area contributed by atoms with Gasteiger partial charge in [-0.3, -0.25) is 9.69 Å². The summed E-state index contributed by atoms with van der Waals surface area (Å²) in [6.45, 7) is 2.23. The van der Waals surface area contributed by atoms with Gasteiger partial charge in [-0.15, -0.1) is 0 Å². The van der Waals surface area contributed by atoms with E-state index in [0.717, 1.165) is 5.56 Å². The average molecular weight is 304 g/mol. The second kappa shape index (κ2) is 7.13. The van der Waals surface area contributed by atoms with E-state index in [1.54, 1.807) is 38.2 Å². The Hall–Kier alpha value is -2.27. The first-order chi connectivity index (χ1) is 10.5. The van der Waals surface area contributed by atoms with Gasteiger partial charge in [-0.25, -0.2) is 8.78 Å². The van der Waals surface area contributed by atoms with Gasteiger partial charge in [0.05, 0.1) is 11.7 Å². The fourth-order valence-corrected chi connectivity index (χ4v) is 2.01. The lowest BCUT2D eigenvalue weighted by molar-refractivity contribution is -0.120. The Labute approximate surface area is 128 Å². The summed E-state index contributed by atoms with van der Waals surface area (Å²) < 4.78 is 26.4. The molecule has 3 nitrogen and oxygen atoms in total. The molecular formula is C17H18F2N2O. The van der Waals surface area contributed by atoms with E-state index >= 15 is 0 Å². The summed E-state index contributed by atoms with van der Waals surface area (Å²) in [7, 11) is 1.79. The molecular weight excluding hydrogens is 286 g/mol. The molecule has 0 aliphatic carbocycles. The number of para-hydroxylation sites is 1. The van der Waals surface area contributed by atoms with E-state index in [1.165, 1.54) is 24.3 Å². The maximum Gasteiger partial charge on any atom is 0.241 e. The number of hydrogen-bond donors (Lipinski definition) is 1. The van der Waals surface area contributed by atoms with Gasteiger partial charge in [0.25, 0.3) is 0 Å². The van der Waals surface area contributed by atoms with Crippen LogP contribution in [0.3, 0.4) is 0 Å². The number of nitrogens with zero attached hydrogens (tertiary/aromatic N) is 1. The SMILES string of the molecule is C[C@H](C(=O)Nc1ccccc1F)N(C)Cc1ccc(F)cc1. The molecule has 0 saturated heterocycles. The first-order valence-corrected chi connectivity index (χ1v) is 6.97. The van der Waals surface area contributed by atoms with Crippen LogP contribution in [0, 0.1) is 11.6 Å². The van der Waals surface area contributed by atoms with Crippen molar-refractivity contribution in [1.82, 2.24) is 4.90 Å². The molecule has 1 atom stereocenters. The van der Waals surface area contributed by atoms with Crippen LogP contribution in [-0.2, 0) is 11.3 Å². The zero-order valence-electron chi connectivity index (χ0n) is 12.5. The van der Waals surface area contributed by atoms with Crippen molar-refractivity contribution in [2.75, 3.05) is 12.4 Å². The summed E-state index contributed by atoms with van der Waals surface area (Å²) >= 11 is 0. The minimum atomic E-state index is -0.468. The molecule has 2 aromatic carbocycles. The largest absolute Gasteiger partial charge is 0.322 e. The fraction of sp³-hybridized carbons (Fsp3) is 0.235. The summed E-state index contributed by atoms with van der Waals surface area (Å²) in [4.78, 5) is 14.0. The van der Waals surface area contributed by atoms with Crippen molar-refractivity contribution < 1.29 is 13.6 Å². The van der Waals surface area contributed by atoms with Crippen molar-refractivity contribution >= 4 is 11.6 Å². The van der Waals surface area contributed by atoms with E-state index in [9.17, 15) is 13.6 Å². The van der Waals surface area contributed by atoms with Crippen molar-refractivity contribution in [2.24, 2.45) is 0 Å². The fourth-order valence-electron chi connectivity index (χ4n) is 2.01. The first-order valence-electron chi connectivity index (χ1n) is 6.97. The number of halogens is 2. The molecule has 2 aromatic rings. The third kappa shape index (κ3) is 4.11. The van der Waals surface area contributed by atoms with Gasteiger partial charge < -0.3 is 5.32 Å². The Morgan fingerprint density at radius 2 is 1.77 bits per heavy atom. The number of anilines is 1. The molecule has 2 rings (SSSR count). The molecule has 0 saturated carbocycles. The molecule has 5 heteroatoms. The molecule has 0 bridgehead atoms. The van der Waals surface area contributed by atoms with E-state index in [1.807, 2.05) is 4.90 Å². The van der Waals surface area contributed by atoms with E-state index < -0.39 is 11.9 Å². The van der Waals surface area contributed by atoms with Gasteiger partial charge in [0.15, 0.2) is 0 Å². The summed E-state index contributed by atoms with van der Waals surface area (Å²) in [5.74, 6) is -1.06. The van der Waals surface area contributed by atoms with Crippen LogP contribution in [0.25, 0.3) is 0 Å². The monoisotopic (exact) mass is 304 g/mol. The van der Waals surface area contributed by atoms with Gasteiger partial charge in [-0.2, -0.15) is 0 Å². The lowest BCUT2D eigenvalue weighted by Crippen LogP contribution is -2.39. The van der Waals surface area contributed by atoms with E-state index in [0.29, 0.717) is 6.54 Å². The van der Waals surface area contributed by atoms with Gasteiger partial charge in [-0.1, -0.05) is 24.3 Å². The summed E-state index contributed by atoms with van der Waals surface area (Å²) in [5, 5.41) is 2.57. The van der Waals surface area contributed by atoms with Gasteiger partial charge in [-0.05, 0) is 43.8 Å². The molecule has 22 heavy (non-hydrogen) atoms. The van der Waals surface area contributed by atoms with Crippen molar-refractivity contribution in [2.45, 2.75) is 19.5 Å². The van der Waals surface area contributed by atoms with Crippen LogP contribution >= 0.6 is 0 Å². The van der Waals surface area contributed by atoms with Gasteiger partial charge in [0.2, 0.25) is 5.91 Å². The highest BCUT2D eigenvalue weighted by molar-refractivity contribution is 5.94. The second-order valence-corrected chi connectivity index (χ2v) is 5.19. The first kappa shape index (κ1) is 16.1. The van der Waals surface area contributed by atoms with Crippen LogP contribution in [0.5, 0.6) is 0 Å². The molecule has 1 N–H and O–H groups in total. The highest BCUT2D eigenvalue weighted by atomic mass is 19.1. The Balaban J connectivity index is 1.97. The molecule has 116 valence electrons. The molecule has 0 unspecified atom stereocenters. The van der Waals surface area contributed by atoms with Crippen LogP contribution < -0.4 is 5.32 Å². The predicted octanol–water partition coefficient (Wildman–Crippen LogP) is 3.42. The molecule has 0 aliphatic heterocycles. The standard InChI is InChI=1S/C17H18F2N2O/c1-12(17(22)20-16-6-4-3-5-15(16)19)21(2)11-13-7-9-14(18)10-8-13/h3-10,12H,11H2,1-2H3,(H,20,22)/t12-/m1/s1. The van der Waals surface area contributed by atoms with E-state index in [4.69, 9.17) is 0 Å². The van der Waals surface area contributed by atoms with Gasteiger partial charge >= 0.3 is 0 Å². The van der Waals surface area contributed by atoms with Gasteiger partial charge in [0.1, 0.15) is 11.6 Å². The number of carbonyl (C=O) groups is 1. The minimum Gasteiger partial charge on any atom is -0.322 e. The van der Waals surface area contributed by atoms with Crippen molar-refractivity contribution in [3.63, 3.8) is 0 Å². The number of carbonyl (C=O) groups excluding carboxylic acids is 1. The van der Waals surface area contributed by atoms with Crippen LogP contribution in [0.1, 0.15) is 12.5 Å². The van der Waals surface area contributed by atoms with Crippen LogP contribution in [0.15, 0.2) is 48.5 Å². The maximum atomic E-state index is 13.5. The topological polar surface area (TPSA) is 32.3 Å². The molecule has 1 amide bonds. The Bertz CT molecular complexity index is 643. The van der Waals surface area contributed by atoms with Crippen LogP contribution in [0.2, 0.25) is 0 Å². The van der Waals surface area contributed by atoms with Crippen LogP contribution in [-0.4, -0.2) is 23.9 Å². The average Bonchev–Trinajstić information content (AvgIpc) is 2.51. The summed E-state index contributed by atoms with van der Waals surface area (Å²) in [5.41, 5.74) is 1.06. The number of benzene rings is 2. The molecule has 0 radical (unpaired) electrons. The zero-order valence-corrected chi connectivity index (χ0v) is 12.5. The number of nitrogens with one attached hydrogen (secondary N) is 1. The maximum absolute atomic E-state index is 13.5. The van der Waals surface area contributed by atoms with Gasteiger partial charge in [0, 0.05) is 6.54 Å². The predicted molar refractivity (Wildman–Crippen MR) is 82.4 cm³/mol.